The largest absolute Gasteiger partial charge is 0.347 e. The van der Waals surface area contributed by atoms with E-state index >= 15 is 0 Å². The van der Waals surface area contributed by atoms with Crippen LogP contribution in [0.5, 0.6) is 0 Å². The van der Waals surface area contributed by atoms with E-state index in [-0.39, 0.29) is 0 Å². The van der Waals surface area contributed by atoms with E-state index in [0.29, 0.717) is 55.2 Å². The van der Waals surface area contributed by atoms with Crippen molar-refractivity contribution in [3.05, 3.63) is 0 Å². The van der Waals surface area contributed by atoms with Crippen LogP contribution in [0.3, 0.4) is 0 Å². The molecule has 0 aliphatic rings. The molecule has 0 amide bonds. The second-order valence-electron chi connectivity index (χ2n) is 6.50. The maximum Gasteiger partial charge on any atom is 0.182 e. The van der Waals surface area contributed by atoms with E-state index in [0.717, 1.165) is 13.0 Å². The highest BCUT2D eigenvalue weighted by molar-refractivity contribution is 7.41. The van der Waals surface area contributed by atoms with Gasteiger partial charge in [0.25, 0.3) is 0 Å². The van der Waals surface area contributed by atoms with Crippen molar-refractivity contribution in [2.45, 2.75) is 91.4 Å². The Morgan fingerprint density at radius 1 is 0.692 bits per heavy atom. The highest BCUT2D eigenvalue weighted by Crippen LogP contribution is 2.45. The van der Waals surface area contributed by atoms with Crippen LogP contribution in [0, 0.1) is 0 Å². The van der Waals surface area contributed by atoms with Crippen molar-refractivity contribution in [2.24, 2.45) is 0 Å². The summed E-state index contributed by atoms with van der Waals surface area (Å²) in [5.74, 6) is 0.737. The lowest BCUT2D eigenvalue weighted by molar-refractivity contribution is -0.157. The van der Waals surface area contributed by atoms with E-state index in [1.165, 1.54) is 0 Å². The lowest BCUT2D eigenvalue weighted by atomic mass is 10.4. The average Bonchev–Trinajstić information content (AvgIpc) is 2.52. The number of hydrogen-bond donors (Lipinski definition) is 0. The van der Waals surface area contributed by atoms with Crippen molar-refractivity contribution in [1.82, 2.24) is 4.90 Å². The third-order valence-corrected chi connectivity index (χ3v) is 7.22. The molecule has 0 saturated heterocycles. The molecule has 158 valence electrons. The summed E-state index contributed by atoms with van der Waals surface area (Å²) in [6.45, 7) is 22.7. The molecule has 7 heteroatoms. The van der Waals surface area contributed by atoms with E-state index < -0.39 is 11.1 Å². The van der Waals surface area contributed by atoms with E-state index in [1.807, 2.05) is 27.7 Å². The first kappa shape index (κ1) is 26.7. The van der Waals surface area contributed by atoms with Gasteiger partial charge in [0.05, 0.1) is 0 Å². The van der Waals surface area contributed by atoms with Crippen molar-refractivity contribution in [3.8, 4) is 0 Å². The summed E-state index contributed by atoms with van der Waals surface area (Å²) in [4.78, 5) is 2.56. The minimum atomic E-state index is -0.513. The van der Waals surface area contributed by atoms with E-state index in [1.54, 1.807) is 0 Å². The van der Waals surface area contributed by atoms with Gasteiger partial charge in [0.15, 0.2) is 11.1 Å². The van der Waals surface area contributed by atoms with Crippen LogP contribution < -0.4 is 0 Å². The second kappa shape index (κ2) is 13.8. The zero-order valence-electron chi connectivity index (χ0n) is 18.5. The average molecular weight is 412 g/mol. The van der Waals surface area contributed by atoms with Crippen LogP contribution in [-0.2, 0) is 18.9 Å². The standard InChI is InChI=1S/C19H43NO4P2/c1-10-15-20(16(6)25-18(8,21-11-2)22-12-3)17(7)26-19(9,23-13-4)24-14-5/h16-17,25-26H,10-15H2,1-9H3. The van der Waals surface area contributed by atoms with Gasteiger partial charge in [0.2, 0.25) is 0 Å². The molecule has 0 aliphatic heterocycles. The van der Waals surface area contributed by atoms with Crippen molar-refractivity contribution >= 4 is 17.2 Å². The van der Waals surface area contributed by atoms with Gasteiger partial charge >= 0.3 is 0 Å². The van der Waals surface area contributed by atoms with Crippen LogP contribution in [0.4, 0.5) is 0 Å². The minimum Gasteiger partial charge on any atom is -0.347 e. The lowest BCUT2D eigenvalue weighted by Crippen LogP contribution is -2.42. The molecule has 26 heavy (non-hydrogen) atoms. The molecular weight excluding hydrogens is 368 g/mol. The normalized spacial score (nSPS) is 16.4. The van der Waals surface area contributed by atoms with Gasteiger partial charge < -0.3 is 18.9 Å². The van der Waals surface area contributed by atoms with Crippen molar-refractivity contribution < 1.29 is 18.9 Å². The number of nitrogens with zero attached hydrogens (tertiary/aromatic N) is 1. The van der Waals surface area contributed by atoms with Gasteiger partial charge in [-0.3, -0.25) is 4.90 Å². The maximum absolute atomic E-state index is 5.94. The summed E-state index contributed by atoms with van der Waals surface area (Å²) in [5.41, 5.74) is -1.03. The Morgan fingerprint density at radius 2 is 1.00 bits per heavy atom. The van der Waals surface area contributed by atoms with Crippen LogP contribution in [0.2, 0.25) is 0 Å². The first-order valence-corrected chi connectivity index (χ1v) is 12.2. The zero-order chi connectivity index (χ0) is 20.2. The summed E-state index contributed by atoms with van der Waals surface area (Å²) >= 11 is 0. The summed E-state index contributed by atoms with van der Waals surface area (Å²) in [6.07, 6.45) is 1.11. The first-order valence-electron chi connectivity index (χ1n) is 10.1. The Hall–Kier alpha value is 0.660. The smallest absolute Gasteiger partial charge is 0.182 e. The van der Waals surface area contributed by atoms with Gasteiger partial charge in [-0.25, -0.2) is 0 Å². The molecule has 0 fully saturated rings. The van der Waals surface area contributed by atoms with Crippen LogP contribution >= 0.6 is 17.2 Å². The Labute approximate surface area is 165 Å². The van der Waals surface area contributed by atoms with E-state index in [2.05, 4.69) is 39.5 Å². The van der Waals surface area contributed by atoms with Gasteiger partial charge in [-0.15, -0.1) is 0 Å². The van der Waals surface area contributed by atoms with Gasteiger partial charge in [-0.05, 0) is 85.5 Å². The summed E-state index contributed by atoms with van der Waals surface area (Å²) in [7, 11) is 1.08. The van der Waals surface area contributed by atoms with Crippen LogP contribution in [0.1, 0.15) is 68.7 Å². The third kappa shape index (κ3) is 9.73. The van der Waals surface area contributed by atoms with Gasteiger partial charge in [0, 0.05) is 38.0 Å². The Balaban J connectivity index is 5.16. The quantitative estimate of drug-likeness (QED) is 0.257. The Morgan fingerprint density at radius 3 is 1.23 bits per heavy atom. The fraction of sp³-hybridized carbons (Fsp3) is 1.00. The SMILES string of the molecule is CCCN(C(C)PC(C)(OCC)OCC)C(C)PC(C)(OCC)OCC. The van der Waals surface area contributed by atoms with Crippen LogP contribution in [-0.4, -0.2) is 60.5 Å². The second-order valence-corrected chi connectivity index (χ2v) is 10.6. The van der Waals surface area contributed by atoms with Gasteiger partial charge in [-0.2, -0.15) is 0 Å². The minimum absolute atomic E-state index is 0.369. The summed E-state index contributed by atoms with van der Waals surface area (Å²) in [6, 6.07) is 0. The molecule has 0 saturated carbocycles. The molecule has 0 aromatic heterocycles. The predicted molar refractivity (Wildman–Crippen MR) is 116 cm³/mol. The van der Waals surface area contributed by atoms with Crippen molar-refractivity contribution in [1.29, 1.82) is 0 Å². The van der Waals surface area contributed by atoms with Crippen molar-refractivity contribution in [3.63, 3.8) is 0 Å². The monoisotopic (exact) mass is 411 g/mol. The Kier molecular flexibility index (Phi) is 14.1. The summed E-state index contributed by atoms with van der Waals surface area (Å²) < 4.78 is 23.8. The Bertz CT molecular complexity index is 318. The fourth-order valence-electron chi connectivity index (χ4n) is 3.26. The molecule has 5 nitrogen and oxygen atoms in total. The number of hydrogen-bond acceptors (Lipinski definition) is 5. The maximum atomic E-state index is 5.94. The molecule has 0 bridgehead atoms. The third-order valence-electron chi connectivity index (χ3n) is 4.10. The molecule has 0 N–H and O–H groups in total. The lowest BCUT2D eigenvalue weighted by Gasteiger charge is -2.42. The molecule has 0 heterocycles. The molecule has 0 rings (SSSR count). The molecular formula is C19H43NO4P2. The number of ether oxygens (including phenoxy) is 4. The number of rotatable bonds is 16. The molecule has 4 atom stereocenters. The molecule has 0 aromatic rings. The first-order chi connectivity index (χ1) is 12.2. The summed E-state index contributed by atoms with van der Waals surface area (Å²) in [5, 5.41) is 0. The zero-order valence-corrected chi connectivity index (χ0v) is 20.5. The van der Waals surface area contributed by atoms with Crippen LogP contribution in [0.25, 0.3) is 0 Å². The molecule has 0 aromatic carbocycles. The molecule has 0 spiro atoms. The highest BCUT2D eigenvalue weighted by Gasteiger charge is 2.34. The van der Waals surface area contributed by atoms with Gasteiger partial charge in [-0.1, -0.05) is 6.92 Å². The topological polar surface area (TPSA) is 40.2 Å². The van der Waals surface area contributed by atoms with E-state index in [9.17, 15) is 0 Å². The fourth-order valence-corrected chi connectivity index (χ4v) is 6.87. The predicted octanol–water partition coefficient (Wildman–Crippen LogP) is 5.24. The van der Waals surface area contributed by atoms with Crippen molar-refractivity contribution in [2.75, 3.05) is 33.0 Å². The van der Waals surface area contributed by atoms with E-state index in [4.69, 9.17) is 18.9 Å². The molecule has 0 radical (unpaired) electrons. The van der Waals surface area contributed by atoms with Crippen LogP contribution in [0.15, 0.2) is 0 Å². The van der Waals surface area contributed by atoms with Gasteiger partial charge in [0.1, 0.15) is 0 Å². The molecule has 4 unspecified atom stereocenters. The molecule has 0 aliphatic carbocycles. The highest BCUT2D eigenvalue weighted by atomic mass is 31.1.